The minimum atomic E-state index is -0.115. The van der Waals surface area contributed by atoms with Gasteiger partial charge in [0.1, 0.15) is 28.6 Å². The second kappa shape index (κ2) is 6.56. The van der Waals surface area contributed by atoms with Crippen LogP contribution in [0.5, 0.6) is 17.2 Å². The van der Waals surface area contributed by atoms with Crippen molar-refractivity contribution < 1.29 is 19.1 Å². The molecule has 0 saturated heterocycles. The number of aryl methyl sites for hydroxylation is 1. The summed E-state index contributed by atoms with van der Waals surface area (Å²) in [6.07, 6.45) is 3.47. The molecule has 1 N–H and O–H groups in total. The summed E-state index contributed by atoms with van der Waals surface area (Å²) in [6.45, 7) is 1.87. The molecule has 0 aliphatic carbocycles. The highest BCUT2D eigenvalue weighted by atomic mass is 16.5. The van der Waals surface area contributed by atoms with Crippen molar-refractivity contribution in [2.24, 2.45) is 14.1 Å². The molecule has 1 aromatic carbocycles. The number of hydrogen-bond donors (Lipinski definition) is 1. The molecule has 0 aliphatic rings. The zero-order valence-corrected chi connectivity index (χ0v) is 14.0. The molecule has 0 unspecified atom stereocenters. The number of methoxy groups -OCH3 is 2. The predicted molar refractivity (Wildman–Crippen MR) is 87.7 cm³/mol. The van der Waals surface area contributed by atoms with Crippen molar-refractivity contribution in [2.45, 2.75) is 6.92 Å². The van der Waals surface area contributed by atoms with Crippen LogP contribution < -0.4 is 19.7 Å². The van der Waals surface area contributed by atoms with E-state index in [1.165, 1.54) is 24.9 Å². The molecule has 0 spiro atoms. The van der Waals surface area contributed by atoms with Crippen molar-refractivity contribution >= 4 is 12.2 Å². The average Bonchev–Trinajstić information content (AvgIpc) is 2.55. The molecule has 6 heteroatoms. The first-order chi connectivity index (χ1) is 10.9. The highest BCUT2D eigenvalue weighted by Gasteiger charge is 2.13. The number of rotatable bonds is 4. The quantitative estimate of drug-likeness (QED) is 0.866. The van der Waals surface area contributed by atoms with E-state index in [1.807, 2.05) is 13.0 Å². The topological polar surface area (TPSA) is 64.6 Å². The molecule has 0 bridgehead atoms. The molecule has 23 heavy (non-hydrogen) atoms. The van der Waals surface area contributed by atoms with E-state index in [0.717, 1.165) is 11.4 Å². The van der Waals surface area contributed by atoms with Crippen LogP contribution in [0.25, 0.3) is 12.2 Å². The van der Waals surface area contributed by atoms with Gasteiger partial charge in [-0.2, -0.15) is 13.9 Å². The smallest absolute Gasteiger partial charge is 0.498 e. The van der Waals surface area contributed by atoms with Crippen LogP contribution in [0.15, 0.2) is 23.0 Å². The fraction of sp³-hybridized carbons (Fsp3) is 0.294. The van der Waals surface area contributed by atoms with Crippen molar-refractivity contribution in [2.75, 3.05) is 14.2 Å². The van der Waals surface area contributed by atoms with Gasteiger partial charge in [0.2, 0.25) is 0 Å². The SMILES string of the molecule is COc1cc(O)c(/C=C/c2cc(C)n(C)c(=O)[n+]2C)c(OC)c1. The van der Waals surface area contributed by atoms with E-state index >= 15 is 0 Å². The summed E-state index contributed by atoms with van der Waals surface area (Å²) < 4.78 is 13.5. The molecule has 122 valence electrons. The summed E-state index contributed by atoms with van der Waals surface area (Å²) in [4.78, 5) is 12.1. The Balaban J connectivity index is 2.52. The Morgan fingerprint density at radius 3 is 2.48 bits per heavy atom. The maximum atomic E-state index is 12.1. The van der Waals surface area contributed by atoms with E-state index < -0.39 is 0 Å². The number of ether oxygens (including phenoxy) is 2. The Kier molecular flexibility index (Phi) is 4.74. The van der Waals surface area contributed by atoms with Crippen molar-refractivity contribution in [3.63, 3.8) is 0 Å². The lowest BCUT2D eigenvalue weighted by molar-refractivity contribution is -0.692. The number of hydrogen-bond acceptors (Lipinski definition) is 4. The Morgan fingerprint density at radius 2 is 1.87 bits per heavy atom. The van der Waals surface area contributed by atoms with Gasteiger partial charge in [-0.05, 0) is 19.1 Å². The van der Waals surface area contributed by atoms with Crippen molar-refractivity contribution in [3.8, 4) is 17.2 Å². The Labute approximate surface area is 134 Å². The van der Waals surface area contributed by atoms with Gasteiger partial charge in [-0.15, -0.1) is 0 Å². The van der Waals surface area contributed by atoms with Gasteiger partial charge in [-0.25, -0.2) is 0 Å². The van der Waals surface area contributed by atoms with Crippen molar-refractivity contribution in [1.29, 1.82) is 0 Å². The molecule has 6 nitrogen and oxygen atoms in total. The van der Waals surface area contributed by atoms with Crippen LogP contribution in [0.4, 0.5) is 0 Å². The third-order valence-electron chi connectivity index (χ3n) is 3.82. The van der Waals surface area contributed by atoms with E-state index in [2.05, 4.69) is 0 Å². The third-order valence-corrected chi connectivity index (χ3v) is 3.82. The highest BCUT2D eigenvalue weighted by Crippen LogP contribution is 2.34. The Bertz CT molecular complexity index is 822. The first-order valence-electron chi connectivity index (χ1n) is 7.08. The minimum absolute atomic E-state index is 0.0423. The molecular weight excluding hydrogens is 296 g/mol. The van der Waals surface area contributed by atoms with Gasteiger partial charge >= 0.3 is 5.69 Å². The fourth-order valence-electron chi connectivity index (χ4n) is 2.26. The number of benzene rings is 1. The van der Waals surface area contributed by atoms with E-state index in [1.54, 1.807) is 36.9 Å². The van der Waals surface area contributed by atoms with E-state index in [4.69, 9.17) is 9.47 Å². The van der Waals surface area contributed by atoms with Gasteiger partial charge in [-0.1, -0.05) is 0 Å². The van der Waals surface area contributed by atoms with Gasteiger partial charge < -0.3 is 14.6 Å². The molecule has 0 atom stereocenters. The lowest BCUT2D eigenvalue weighted by atomic mass is 10.1. The van der Waals surface area contributed by atoms with Gasteiger partial charge in [0.25, 0.3) is 0 Å². The zero-order valence-electron chi connectivity index (χ0n) is 14.0. The number of phenols is 1. The summed E-state index contributed by atoms with van der Waals surface area (Å²) in [5, 5.41) is 10.2. The van der Waals surface area contributed by atoms with Gasteiger partial charge in [0.15, 0.2) is 0 Å². The summed E-state index contributed by atoms with van der Waals surface area (Å²) in [6, 6.07) is 5.09. The molecule has 0 saturated carbocycles. The minimum Gasteiger partial charge on any atom is -0.507 e. The monoisotopic (exact) mass is 317 g/mol. The molecule has 0 fully saturated rings. The number of aromatic nitrogens is 2. The van der Waals surface area contributed by atoms with Crippen molar-refractivity contribution in [1.82, 2.24) is 4.57 Å². The second-order valence-corrected chi connectivity index (χ2v) is 5.21. The Morgan fingerprint density at radius 1 is 1.17 bits per heavy atom. The van der Waals surface area contributed by atoms with Crippen LogP contribution in [0.2, 0.25) is 0 Å². The van der Waals surface area contributed by atoms with Crippen LogP contribution in [0.1, 0.15) is 17.0 Å². The summed E-state index contributed by atoms with van der Waals surface area (Å²) in [7, 11) is 6.47. The van der Waals surface area contributed by atoms with E-state index in [0.29, 0.717) is 17.1 Å². The fourth-order valence-corrected chi connectivity index (χ4v) is 2.26. The van der Waals surface area contributed by atoms with Crippen LogP contribution >= 0.6 is 0 Å². The maximum absolute atomic E-state index is 12.1. The van der Waals surface area contributed by atoms with Crippen LogP contribution in [-0.2, 0) is 14.1 Å². The van der Waals surface area contributed by atoms with Gasteiger partial charge in [0.05, 0.1) is 33.9 Å². The molecule has 0 aliphatic heterocycles. The standard InChI is InChI=1S/C17H20N2O4/c1-11-8-12(19(3)17(21)18(11)2)6-7-14-15(20)9-13(22-4)10-16(14)23-5/h6-10H,1-5H3/p+1. The zero-order chi connectivity index (χ0) is 17.1. The third kappa shape index (κ3) is 3.21. The Hall–Kier alpha value is -2.76. The highest BCUT2D eigenvalue weighted by molar-refractivity contribution is 5.75. The first kappa shape index (κ1) is 16.6. The lowest BCUT2D eigenvalue weighted by Crippen LogP contribution is -2.53. The average molecular weight is 317 g/mol. The summed E-state index contributed by atoms with van der Waals surface area (Å²) in [5.74, 6) is 1.04. The second-order valence-electron chi connectivity index (χ2n) is 5.21. The molecule has 0 radical (unpaired) electrons. The summed E-state index contributed by atoms with van der Waals surface area (Å²) >= 11 is 0. The van der Waals surface area contributed by atoms with Crippen LogP contribution in [-0.4, -0.2) is 23.9 Å². The van der Waals surface area contributed by atoms with Crippen LogP contribution in [0.3, 0.4) is 0 Å². The molecule has 2 rings (SSSR count). The van der Waals surface area contributed by atoms with Crippen molar-refractivity contribution in [3.05, 3.63) is 45.6 Å². The van der Waals surface area contributed by atoms with E-state index in [-0.39, 0.29) is 11.4 Å². The molecule has 2 aromatic rings. The lowest BCUT2D eigenvalue weighted by Gasteiger charge is -2.09. The molecule has 1 aromatic heterocycles. The predicted octanol–water partition coefficient (Wildman–Crippen LogP) is 1.41. The number of phenolic OH excluding ortho intramolecular Hbond substituents is 1. The van der Waals surface area contributed by atoms with Gasteiger partial charge in [-0.3, -0.25) is 0 Å². The molecule has 1 heterocycles. The summed E-state index contributed by atoms with van der Waals surface area (Å²) in [5.41, 5.74) is 1.98. The number of aromatic hydroxyl groups is 1. The van der Waals surface area contributed by atoms with E-state index in [9.17, 15) is 9.90 Å². The number of nitrogens with zero attached hydrogens (tertiary/aromatic N) is 2. The van der Waals surface area contributed by atoms with Gasteiger partial charge in [0, 0.05) is 18.2 Å². The van der Waals surface area contributed by atoms with Crippen LogP contribution in [0, 0.1) is 6.92 Å². The maximum Gasteiger partial charge on any atom is 0.498 e. The first-order valence-corrected chi connectivity index (χ1v) is 7.08. The normalized spacial score (nSPS) is 11.0. The molecular formula is C17H21N2O4+. The molecule has 0 amide bonds. The largest absolute Gasteiger partial charge is 0.507 e.